The Bertz CT molecular complexity index is 444. The van der Waals surface area contributed by atoms with Gasteiger partial charge in [-0.25, -0.2) is 22.0 Å². The lowest BCUT2D eigenvalue weighted by Gasteiger charge is -2.07. The Morgan fingerprint density at radius 3 is 1.83 bits per heavy atom. The van der Waals surface area contributed by atoms with Gasteiger partial charge in [0.1, 0.15) is 0 Å². The third-order valence-corrected chi connectivity index (χ3v) is 2.24. The first-order valence-electron chi connectivity index (χ1n) is 4.95. The van der Waals surface area contributed by atoms with Crippen molar-refractivity contribution in [2.24, 2.45) is 0 Å². The van der Waals surface area contributed by atoms with E-state index in [4.69, 9.17) is 0 Å². The van der Waals surface area contributed by atoms with E-state index < -0.39 is 40.4 Å². The first-order chi connectivity index (χ1) is 8.41. The van der Waals surface area contributed by atoms with E-state index in [0.717, 1.165) is 0 Å². The summed E-state index contributed by atoms with van der Waals surface area (Å²) in [5.41, 5.74) is -1.40. The summed E-state index contributed by atoms with van der Waals surface area (Å²) in [5.74, 6) is -11.9. The molecule has 0 aliphatic rings. The number of carbonyl (C=O) groups excluding carboxylic acids is 1. The Labute approximate surface area is 99.4 Å². The van der Waals surface area contributed by atoms with Crippen LogP contribution in [0.15, 0.2) is 0 Å². The minimum Gasteiger partial charge on any atom is -0.385 e. The predicted octanol–water partition coefficient (Wildman–Crippen LogP) is 2.99. The molecule has 0 heterocycles. The topological polar surface area (TPSA) is 26.3 Å². The molecule has 1 aromatic rings. The summed E-state index contributed by atoms with van der Waals surface area (Å²) in [6.07, 6.45) is -0.249. The minimum atomic E-state index is -2.28. The molecule has 100 valence electrons. The van der Waals surface area contributed by atoms with E-state index in [-0.39, 0.29) is 19.4 Å². The molecular formula is C11H9F5O2. The number of carbonyl (C=O) groups is 1. The smallest absolute Gasteiger partial charge is 0.200 e. The summed E-state index contributed by atoms with van der Waals surface area (Å²) in [7, 11) is 1.35. The molecule has 1 rings (SSSR count). The largest absolute Gasteiger partial charge is 0.385 e. The van der Waals surface area contributed by atoms with Gasteiger partial charge in [-0.15, -0.1) is 0 Å². The monoisotopic (exact) mass is 268 g/mol. The van der Waals surface area contributed by atoms with Gasteiger partial charge in [0.2, 0.25) is 5.82 Å². The van der Waals surface area contributed by atoms with E-state index in [1.54, 1.807) is 0 Å². The fourth-order valence-corrected chi connectivity index (χ4v) is 1.35. The average molecular weight is 268 g/mol. The highest BCUT2D eigenvalue weighted by molar-refractivity contribution is 5.96. The molecule has 0 N–H and O–H groups in total. The third-order valence-electron chi connectivity index (χ3n) is 2.24. The second kappa shape index (κ2) is 5.90. The van der Waals surface area contributed by atoms with Crippen LogP contribution in [0.1, 0.15) is 23.2 Å². The van der Waals surface area contributed by atoms with Crippen molar-refractivity contribution in [3.05, 3.63) is 34.6 Å². The molecule has 0 unspecified atom stereocenters. The van der Waals surface area contributed by atoms with Gasteiger partial charge in [0.25, 0.3) is 0 Å². The van der Waals surface area contributed by atoms with Gasteiger partial charge in [-0.05, 0) is 6.42 Å². The minimum absolute atomic E-state index is 0.120. The highest BCUT2D eigenvalue weighted by Crippen LogP contribution is 2.24. The summed E-state index contributed by atoms with van der Waals surface area (Å²) in [4.78, 5) is 11.4. The predicted molar refractivity (Wildman–Crippen MR) is 51.7 cm³/mol. The summed E-state index contributed by atoms with van der Waals surface area (Å²) in [6.45, 7) is 0.140. The highest BCUT2D eigenvalue weighted by atomic mass is 19.2. The SMILES string of the molecule is COCCCC(=O)c1c(F)c(F)c(F)c(F)c1F. The number of ether oxygens (including phenoxy) is 1. The second-order valence-electron chi connectivity index (χ2n) is 3.46. The zero-order chi connectivity index (χ0) is 13.9. The van der Waals surface area contributed by atoms with Crippen molar-refractivity contribution >= 4 is 5.78 Å². The molecule has 0 saturated heterocycles. The summed E-state index contributed by atoms with van der Waals surface area (Å²) in [6, 6.07) is 0. The number of Topliss-reactive ketones (excluding diaryl/α,β-unsaturated/α-hetero) is 1. The Hall–Kier alpha value is -1.50. The van der Waals surface area contributed by atoms with Crippen molar-refractivity contribution in [2.45, 2.75) is 12.8 Å². The number of hydrogen-bond acceptors (Lipinski definition) is 2. The first-order valence-corrected chi connectivity index (χ1v) is 4.95. The van der Waals surface area contributed by atoms with Crippen molar-refractivity contribution in [2.75, 3.05) is 13.7 Å². The van der Waals surface area contributed by atoms with Crippen LogP contribution in [-0.2, 0) is 4.74 Å². The van der Waals surface area contributed by atoms with Crippen molar-refractivity contribution in [1.29, 1.82) is 0 Å². The molecule has 18 heavy (non-hydrogen) atoms. The van der Waals surface area contributed by atoms with Crippen LogP contribution in [0.2, 0.25) is 0 Å². The maximum absolute atomic E-state index is 13.2. The number of hydrogen-bond donors (Lipinski definition) is 0. The van der Waals surface area contributed by atoms with E-state index in [1.807, 2.05) is 0 Å². The summed E-state index contributed by atoms with van der Waals surface area (Å²) >= 11 is 0. The fourth-order valence-electron chi connectivity index (χ4n) is 1.35. The first kappa shape index (κ1) is 14.6. The zero-order valence-corrected chi connectivity index (χ0v) is 9.33. The van der Waals surface area contributed by atoms with Gasteiger partial charge >= 0.3 is 0 Å². The molecule has 0 aliphatic heterocycles. The Morgan fingerprint density at radius 2 is 1.39 bits per heavy atom. The van der Waals surface area contributed by atoms with Crippen LogP contribution in [0.3, 0.4) is 0 Å². The van der Waals surface area contributed by atoms with Gasteiger partial charge < -0.3 is 4.74 Å². The van der Waals surface area contributed by atoms with Crippen LogP contribution in [0.5, 0.6) is 0 Å². The molecule has 0 saturated carbocycles. The van der Waals surface area contributed by atoms with Gasteiger partial charge in [-0.2, -0.15) is 0 Å². The van der Waals surface area contributed by atoms with Crippen molar-refractivity contribution in [3.63, 3.8) is 0 Å². The number of methoxy groups -OCH3 is 1. The zero-order valence-electron chi connectivity index (χ0n) is 9.33. The average Bonchev–Trinajstić information content (AvgIpc) is 2.34. The molecule has 0 aromatic heterocycles. The normalized spacial score (nSPS) is 10.8. The number of benzene rings is 1. The van der Waals surface area contributed by atoms with Crippen LogP contribution < -0.4 is 0 Å². The second-order valence-corrected chi connectivity index (χ2v) is 3.46. The lowest BCUT2D eigenvalue weighted by molar-refractivity contribution is 0.0952. The summed E-state index contributed by atoms with van der Waals surface area (Å²) < 4.78 is 69.3. The molecule has 0 atom stereocenters. The quantitative estimate of drug-likeness (QED) is 0.270. The van der Waals surface area contributed by atoms with Gasteiger partial charge in [-0.3, -0.25) is 4.79 Å². The van der Waals surface area contributed by atoms with Crippen LogP contribution >= 0.6 is 0 Å². The van der Waals surface area contributed by atoms with Crippen molar-refractivity contribution in [1.82, 2.24) is 0 Å². The van der Waals surface area contributed by atoms with Crippen molar-refractivity contribution < 1.29 is 31.5 Å². The van der Waals surface area contributed by atoms with Crippen molar-refractivity contribution in [3.8, 4) is 0 Å². The molecule has 0 aliphatic carbocycles. The lowest BCUT2D eigenvalue weighted by atomic mass is 10.0. The molecule has 0 amide bonds. The molecule has 7 heteroatoms. The van der Waals surface area contributed by atoms with Crippen LogP contribution in [0.25, 0.3) is 0 Å². The fraction of sp³-hybridized carbons (Fsp3) is 0.364. The van der Waals surface area contributed by atoms with Gasteiger partial charge in [0, 0.05) is 20.1 Å². The molecular weight excluding hydrogens is 259 g/mol. The maximum Gasteiger partial charge on any atom is 0.200 e. The number of rotatable bonds is 5. The van der Waals surface area contributed by atoms with Crippen LogP contribution in [-0.4, -0.2) is 19.5 Å². The highest BCUT2D eigenvalue weighted by Gasteiger charge is 2.29. The van der Waals surface area contributed by atoms with E-state index in [0.29, 0.717) is 0 Å². The third kappa shape index (κ3) is 2.66. The van der Waals surface area contributed by atoms with E-state index >= 15 is 0 Å². The lowest BCUT2D eigenvalue weighted by Crippen LogP contribution is -2.13. The Morgan fingerprint density at radius 1 is 0.944 bits per heavy atom. The van der Waals surface area contributed by atoms with Gasteiger partial charge in [0.05, 0.1) is 5.56 Å². The molecule has 0 bridgehead atoms. The van der Waals surface area contributed by atoms with E-state index in [1.165, 1.54) is 7.11 Å². The Kier molecular flexibility index (Phi) is 4.77. The molecule has 0 radical (unpaired) electrons. The van der Waals surface area contributed by atoms with Gasteiger partial charge in [0.15, 0.2) is 29.1 Å². The molecule has 2 nitrogen and oxygen atoms in total. The Balaban J connectivity index is 3.13. The number of ketones is 1. The molecule has 0 spiro atoms. The van der Waals surface area contributed by atoms with E-state index in [9.17, 15) is 26.7 Å². The summed E-state index contributed by atoms with van der Waals surface area (Å²) in [5, 5.41) is 0. The van der Waals surface area contributed by atoms with Gasteiger partial charge in [-0.1, -0.05) is 0 Å². The standard InChI is InChI=1S/C11H9F5O2/c1-18-4-2-3-5(17)6-7(12)9(14)11(16)10(15)8(6)13/h2-4H2,1H3. The van der Waals surface area contributed by atoms with Crippen LogP contribution in [0, 0.1) is 29.1 Å². The van der Waals surface area contributed by atoms with E-state index in [2.05, 4.69) is 4.74 Å². The number of halogens is 5. The molecule has 0 fully saturated rings. The maximum atomic E-state index is 13.2. The van der Waals surface area contributed by atoms with Crippen LogP contribution in [0.4, 0.5) is 22.0 Å². The molecule has 1 aromatic carbocycles.